The van der Waals surface area contributed by atoms with Crippen molar-refractivity contribution in [1.82, 2.24) is 0 Å². The van der Waals surface area contributed by atoms with Crippen molar-refractivity contribution in [3.05, 3.63) is 123 Å². The fraction of sp³-hybridized carbons (Fsp3) is 0.317. The predicted octanol–water partition coefficient (Wildman–Crippen LogP) is 11.3. The van der Waals surface area contributed by atoms with Gasteiger partial charge in [-0.25, -0.2) is 0 Å². The summed E-state index contributed by atoms with van der Waals surface area (Å²) in [6, 6.07) is 29.2. The van der Waals surface area contributed by atoms with E-state index >= 15 is 0 Å². The lowest BCUT2D eigenvalue weighted by Gasteiger charge is -2.31. The second-order valence-corrected chi connectivity index (χ2v) is 14.3. The van der Waals surface area contributed by atoms with E-state index in [1.54, 1.807) is 0 Å². The highest BCUT2D eigenvalue weighted by Crippen LogP contribution is 2.58. The van der Waals surface area contributed by atoms with Crippen molar-refractivity contribution in [2.24, 2.45) is 0 Å². The number of fused-ring (bicyclic) bond motifs is 2. The number of allylic oxidation sites excluding steroid dienone is 2. The fourth-order valence-electron chi connectivity index (χ4n) is 7.20. The first-order valence-corrected chi connectivity index (χ1v) is 15.3. The first-order valence-electron chi connectivity index (χ1n) is 15.3. The summed E-state index contributed by atoms with van der Waals surface area (Å²) in [6.07, 6.45) is 4.90. The first-order chi connectivity index (χ1) is 19.9. The summed E-state index contributed by atoms with van der Waals surface area (Å²) in [4.78, 5) is 0. The van der Waals surface area contributed by atoms with Crippen molar-refractivity contribution in [3.63, 3.8) is 0 Å². The molecular weight excluding hydrogens is 508 g/mol. The third-order valence-corrected chi connectivity index (χ3v) is 9.31. The summed E-state index contributed by atoms with van der Waals surface area (Å²) in [6.45, 7) is 18.5. The van der Waals surface area contributed by atoms with Crippen molar-refractivity contribution >= 4 is 12.2 Å². The quantitative estimate of drug-likeness (QED) is 0.245. The maximum atomic E-state index is 6.24. The number of ether oxygens (including phenoxy) is 1. The molecule has 2 aliphatic rings. The number of benzene rings is 4. The molecule has 4 aromatic carbocycles. The molecule has 0 spiro atoms. The molecule has 2 atom stereocenters. The smallest absolute Gasteiger partial charge is 0.131 e. The lowest BCUT2D eigenvalue weighted by Crippen LogP contribution is -2.17. The molecule has 42 heavy (non-hydrogen) atoms. The molecular formula is C41H44O. The SMILES string of the molecule is COc1c(C(C)(C)C)cc2c(c1-c1ccccc1)C=C(C)C2C1C(C)=Cc2cc(C(C)(C)C)cc(-c3ccccc3)c21. The summed E-state index contributed by atoms with van der Waals surface area (Å²) in [5, 5.41) is 0. The van der Waals surface area contributed by atoms with Gasteiger partial charge < -0.3 is 4.74 Å². The van der Waals surface area contributed by atoms with E-state index in [-0.39, 0.29) is 22.7 Å². The molecule has 0 amide bonds. The van der Waals surface area contributed by atoms with Crippen LogP contribution in [-0.2, 0) is 10.8 Å². The number of methoxy groups -OCH3 is 1. The van der Waals surface area contributed by atoms with Crippen LogP contribution in [0.15, 0.2) is 90.0 Å². The normalized spacial score (nSPS) is 17.9. The Morgan fingerprint density at radius 3 is 1.81 bits per heavy atom. The van der Waals surface area contributed by atoms with Gasteiger partial charge in [0.25, 0.3) is 0 Å². The van der Waals surface area contributed by atoms with Crippen LogP contribution in [0.2, 0.25) is 0 Å². The number of hydrogen-bond donors (Lipinski definition) is 0. The standard InChI is InChI=1S/C41H44O/c1-25-20-29-22-30(40(3,4)5)23-31(27-16-12-10-13-17-27)37(29)36(25)35-26(2)21-32-33(35)24-34(41(6,7)8)39(42-9)38(32)28-18-14-11-15-19-28/h10-24,35-36H,1-9H3. The van der Waals surface area contributed by atoms with Crippen LogP contribution >= 0.6 is 0 Å². The third-order valence-electron chi connectivity index (χ3n) is 9.31. The third kappa shape index (κ3) is 4.64. The average molecular weight is 553 g/mol. The van der Waals surface area contributed by atoms with Gasteiger partial charge in [0.1, 0.15) is 5.75 Å². The molecule has 214 valence electrons. The van der Waals surface area contributed by atoms with Crippen LogP contribution in [0, 0.1) is 0 Å². The Kier molecular flexibility index (Phi) is 6.84. The van der Waals surface area contributed by atoms with Crippen LogP contribution in [0.4, 0.5) is 0 Å². The van der Waals surface area contributed by atoms with Crippen LogP contribution in [-0.4, -0.2) is 7.11 Å². The molecule has 0 aliphatic heterocycles. The maximum absolute atomic E-state index is 6.24. The molecule has 1 nitrogen and oxygen atoms in total. The molecule has 6 rings (SSSR count). The summed E-state index contributed by atoms with van der Waals surface area (Å²) < 4.78 is 6.24. The van der Waals surface area contributed by atoms with Gasteiger partial charge in [-0.2, -0.15) is 0 Å². The van der Waals surface area contributed by atoms with Gasteiger partial charge in [0, 0.05) is 23.0 Å². The Balaban J connectivity index is 1.63. The van der Waals surface area contributed by atoms with Gasteiger partial charge in [-0.3, -0.25) is 0 Å². The van der Waals surface area contributed by atoms with E-state index in [0.29, 0.717) is 0 Å². The topological polar surface area (TPSA) is 9.23 Å². The minimum absolute atomic E-state index is 0.0664. The molecule has 2 unspecified atom stereocenters. The van der Waals surface area contributed by atoms with E-state index in [1.165, 1.54) is 66.8 Å². The van der Waals surface area contributed by atoms with Crippen molar-refractivity contribution < 1.29 is 4.74 Å². The lowest BCUT2D eigenvalue weighted by molar-refractivity contribution is 0.399. The maximum Gasteiger partial charge on any atom is 0.131 e. The molecule has 0 heterocycles. The zero-order chi connectivity index (χ0) is 30.0. The van der Waals surface area contributed by atoms with E-state index < -0.39 is 0 Å². The largest absolute Gasteiger partial charge is 0.496 e. The summed E-state index contributed by atoms with van der Waals surface area (Å²) >= 11 is 0. The lowest BCUT2D eigenvalue weighted by atomic mass is 9.73. The molecule has 0 saturated carbocycles. The molecule has 2 aliphatic carbocycles. The Hall–Kier alpha value is -3.84. The Morgan fingerprint density at radius 2 is 1.24 bits per heavy atom. The summed E-state index contributed by atoms with van der Waals surface area (Å²) in [5.41, 5.74) is 16.2. The van der Waals surface area contributed by atoms with Crippen LogP contribution in [0.5, 0.6) is 5.75 Å². The number of rotatable bonds is 4. The second kappa shape index (κ2) is 10.2. The zero-order valence-electron chi connectivity index (χ0n) is 26.7. The van der Waals surface area contributed by atoms with E-state index in [0.717, 1.165) is 5.75 Å². The van der Waals surface area contributed by atoms with Gasteiger partial charge in [0.05, 0.1) is 7.11 Å². The van der Waals surface area contributed by atoms with Crippen LogP contribution in [0.3, 0.4) is 0 Å². The predicted molar refractivity (Wildman–Crippen MR) is 180 cm³/mol. The van der Waals surface area contributed by atoms with Gasteiger partial charge in [-0.1, -0.05) is 144 Å². The van der Waals surface area contributed by atoms with Gasteiger partial charge in [-0.05, 0) is 69.2 Å². The van der Waals surface area contributed by atoms with Crippen LogP contribution in [0.1, 0.15) is 101 Å². The minimum Gasteiger partial charge on any atom is -0.496 e. The first kappa shape index (κ1) is 28.3. The van der Waals surface area contributed by atoms with Crippen LogP contribution < -0.4 is 4.74 Å². The molecule has 0 bridgehead atoms. The molecule has 0 saturated heterocycles. The zero-order valence-corrected chi connectivity index (χ0v) is 26.7. The molecule has 1 heteroatoms. The van der Waals surface area contributed by atoms with E-state index in [1.807, 2.05) is 7.11 Å². The minimum atomic E-state index is -0.0692. The molecule has 0 fully saturated rings. The van der Waals surface area contributed by atoms with E-state index in [4.69, 9.17) is 4.74 Å². The van der Waals surface area contributed by atoms with Crippen molar-refractivity contribution in [2.75, 3.05) is 7.11 Å². The Bertz CT molecular complexity index is 1720. The molecule has 0 N–H and O–H groups in total. The Morgan fingerprint density at radius 1 is 0.643 bits per heavy atom. The van der Waals surface area contributed by atoms with E-state index in [2.05, 4.69) is 146 Å². The monoisotopic (exact) mass is 552 g/mol. The highest BCUT2D eigenvalue weighted by atomic mass is 16.5. The van der Waals surface area contributed by atoms with E-state index in [9.17, 15) is 0 Å². The van der Waals surface area contributed by atoms with Crippen molar-refractivity contribution in [3.8, 4) is 28.0 Å². The summed E-state index contributed by atoms with van der Waals surface area (Å²) in [7, 11) is 1.82. The highest BCUT2D eigenvalue weighted by Gasteiger charge is 2.40. The van der Waals surface area contributed by atoms with Gasteiger partial charge in [-0.15, -0.1) is 0 Å². The van der Waals surface area contributed by atoms with Gasteiger partial charge >= 0.3 is 0 Å². The molecule has 0 aromatic heterocycles. The van der Waals surface area contributed by atoms with Crippen LogP contribution in [0.25, 0.3) is 34.4 Å². The number of hydrogen-bond acceptors (Lipinski definition) is 1. The average Bonchev–Trinajstić information content (AvgIpc) is 3.45. The Labute approximate surface area is 253 Å². The highest BCUT2D eigenvalue weighted by molar-refractivity contribution is 5.89. The van der Waals surface area contributed by atoms with Gasteiger partial charge in [0.15, 0.2) is 0 Å². The summed E-state index contributed by atoms with van der Waals surface area (Å²) in [5.74, 6) is 1.53. The molecule has 0 radical (unpaired) electrons. The van der Waals surface area contributed by atoms with Gasteiger partial charge in [0.2, 0.25) is 0 Å². The van der Waals surface area contributed by atoms with Crippen molar-refractivity contribution in [1.29, 1.82) is 0 Å². The molecule has 4 aromatic rings. The fourth-order valence-corrected chi connectivity index (χ4v) is 7.20. The van der Waals surface area contributed by atoms with Crippen molar-refractivity contribution in [2.45, 2.75) is 78.1 Å². The second-order valence-electron chi connectivity index (χ2n) is 14.3.